The highest BCUT2D eigenvalue weighted by atomic mass is 16.7. The first kappa shape index (κ1) is 23.1. The van der Waals surface area contributed by atoms with Gasteiger partial charge in [-0.1, -0.05) is 18.2 Å². The normalized spacial score (nSPS) is 18.7. The molecule has 8 nitrogen and oxygen atoms in total. The molecule has 4 heterocycles. The summed E-state index contributed by atoms with van der Waals surface area (Å²) in [5.74, 6) is -0.232. The van der Waals surface area contributed by atoms with Crippen LogP contribution in [-0.4, -0.2) is 50.3 Å². The van der Waals surface area contributed by atoms with E-state index in [9.17, 15) is 4.79 Å². The van der Waals surface area contributed by atoms with Gasteiger partial charge in [-0.3, -0.25) is 29.2 Å². The van der Waals surface area contributed by atoms with E-state index in [0.29, 0.717) is 11.6 Å². The summed E-state index contributed by atoms with van der Waals surface area (Å²) in [5, 5.41) is 5.50. The second-order valence-electron chi connectivity index (χ2n) is 9.39. The summed E-state index contributed by atoms with van der Waals surface area (Å²) in [6.45, 7) is 5.07. The highest BCUT2D eigenvalue weighted by Crippen LogP contribution is 2.32. The van der Waals surface area contributed by atoms with Crippen LogP contribution in [0.2, 0.25) is 0 Å². The van der Waals surface area contributed by atoms with Crippen LogP contribution in [0.25, 0.3) is 22.0 Å². The van der Waals surface area contributed by atoms with Crippen LogP contribution < -0.4 is 5.48 Å². The molecule has 1 aliphatic rings. The monoisotopic (exact) mass is 470 g/mol. The highest BCUT2D eigenvalue weighted by Gasteiger charge is 2.29. The summed E-state index contributed by atoms with van der Waals surface area (Å²) in [5.41, 5.74) is 7.11. The number of carbonyl (C=O) groups is 1. The van der Waals surface area contributed by atoms with Crippen molar-refractivity contribution < 1.29 is 9.63 Å². The number of hydrogen-bond acceptors (Lipinski definition) is 6. The molecule has 1 aromatic carbocycles. The summed E-state index contributed by atoms with van der Waals surface area (Å²) >= 11 is 0. The number of carbonyl (C=O) groups excluding carboxylic acids is 1. The predicted octanol–water partition coefficient (Wildman–Crippen LogP) is 4.57. The quantitative estimate of drug-likeness (QED) is 0.416. The lowest BCUT2D eigenvalue weighted by molar-refractivity contribution is -0.0542. The Morgan fingerprint density at radius 2 is 1.91 bits per heavy atom. The number of benzene rings is 1. The number of likely N-dealkylation sites (tertiary alicyclic amines) is 1. The second-order valence-corrected chi connectivity index (χ2v) is 9.39. The Bertz CT molecular complexity index is 1320. The third-order valence-electron chi connectivity index (χ3n) is 6.57. The molecule has 1 saturated heterocycles. The molecule has 4 aromatic rings. The molecular weight excluding hydrogens is 440 g/mol. The zero-order valence-corrected chi connectivity index (χ0v) is 20.3. The largest absolute Gasteiger partial charge is 0.298 e. The van der Waals surface area contributed by atoms with E-state index in [1.54, 1.807) is 12.1 Å². The maximum absolute atomic E-state index is 12.4. The zero-order valence-electron chi connectivity index (χ0n) is 20.3. The van der Waals surface area contributed by atoms with Crippen molar-refractivity contribution in [1.29, 1.82) is 0 Å². The first-order valence-electron chi connectivity index (χ1n) is 12.0. The number of hydroxylamine groups is 1. The molecule has 180 valence electrons. The molecule has 2 atom stereocenters. The van der Waals surface area contributed by atoms with Crippen LogP contribution in [0.5, 0.6) is 0 Å². The molecule has 8 heteroatoms. The van der Waals surface area contributed by atoms with Crippen LogP contribution in [0.3, 0.4) is 0 Å². The average Bonchev–Trinajstić information content (AvgIpc) is 3.39. The lowest BCUT2D eigenvalue weighted by atomic mass is 9.96. The first-order chi connectivity index (χ1) is 17.0. The van der Waals surface area contributed by atoms with Gasteiger partial charge in [0.2, 0.25) is 0 Å². The summed E-state index contributed by atoms with van der Waals surface area (Å²) in [7, 11) is 2.10. The predicted molar refractivity (Wildman–Crippen MR) is 135 cm³/mol. The maximum atomic E-state index is 12.4. The Morgan fingerprint density at radius 3 is 2.69 bits per heavy atom. The molecule has 1 aliphatic heterocycles. The van der Waals surface area contributed by atoms with Crippen molar-refractivity contribution in [2.75, 3.05) is 13.6 Å². The van der Waals surface area contributed by atoms with Crippen molar-refractivity contribution in [2.45, 2.75) is 44.9 Å². The van der Waals surface area contributed by atoms with Crippen LogP contribution in [0, 0.1) is 0 Å². The smallest absolute Gasteiger partial charge is 0.274 e. The van der Waals surface area contributed by atoms with Crippen molar-refractivity contribution >= 4 is 16.8 Å². The number of nitrogens with zero attached hydrogens (tertiary/aromatic N) is 5. The molecule has 0 aliphatic carbocycles. The molecule has 35 heavy (non-hydrogen) atoms. The van der Waals surface area contributed by atoms with Crippen molar-refractivity contribution in [3.8, 4) is 11.1 Å². The number of pyridine rings is 2. The molecule has 0 saturated carbocycles. The number of piperidine rings is 1. The van der Waals surface area contributed by atoms with Crippen LogP contribution in [-0.2, 0) is 4.84 Å². The Morgan fingerprint density at radius 1 is 1.09 bits per heavy atom. The van der Waals surface area contributed by atoms with Gasteiger partial charge in [0.15, 0.2) is 0 Å². The fourth-order valence-corrected chi connectivity index (χ4v) is 4.45. The molecule has 1 N–H and O–H groups in total. The number of rotatable bonds is 6. The Labute approximate surface area is 204 Å². The Kier molecular flexibility index (Phi) is 6.57. The van der Waals surface area contributed by atoms with Gasteiger partial charge < -0.3 is 0 Å². The zero-order chi connectivity index (χ0) is 24.4. The van der Waals surface area contributed by atoms with Gasteiger partial charge in [0.25, 0.3) is 5.91 Å². The lowest BCUT2D eigenvalue weighted by Crippen LogP contribution is -2.40. The fraction of sp³-hybridized carbons (Fsp3) is 0.333. The minimum absolute atomic E-state index is 0.0825. The maximum Gasteiger partial charge on any atom is 0.274 e. The topological polar surface area (TPSA) is 85.2 Å². The van der Waals surface area contributed by atoms with Gasteiger partial charge in [-0.05, 0) is 58.0 Å². The number of aromatic nitrogens is 4. The molecule has 3 aromatic heterocycles. The summed E-state index contributed by atoms with van der Waals surface area (Å²) in [6, 6.07) is 13.7. The standard InChI is InChI=1S/C27H30N6O2/c1-18(2)33-17-22(15-30-33)21-11-20-12-24(29-16-25(20)28-14-21)26-13-23(9-10-32(26)3)35-31-27(34)19-7-5-4-6-8-19/h4-8,11-12,14-18,23,26H,9-10,13H2,1-3H3,(H,31,34). The van der Waals surface area contributed by atoms with Gasteiger partial charge in [0, 0.05) is 47.1 Å². The van der Waals surface area contributed by atoms with E-state index < -0.39 is 0 Å². The molecule has 1 fully saturated rings. The lowest BCUT2D eigenvalue weighted by Gasteiger charge is -2.36. The van der Waals surface area contributed by atoms with Gasteiger partial charge in [-0.15, -0.1) is 0 Å². The third kappa shape index (κ3) is 5.08. The minimum atomic E-state index is -0.232. The van der Waals surface area contributed by atoms with Crippen molar-refractivity contribution in [1.82, 2.24) is 30.1 Å². The molecule has 0 spiro atoms. The minimum Gasteiger partial charge on any atom is -0.298 e. The van der Waals surface area contributed by atoms with E-state index in [1.807, 2.05) is 41.5 Å². The molecule has 5 rings (SSSR count). The van der Waals surface area contributed by atoms with Gasteiger partial charge in [-0.25, -0.2) is 5.48 Å². The van der Waals surface area contributed by atoms with Crippen molar-refractivity contribution in [3.63, 3.8) is 0 Å². The fourth-order valence-electron chi connectivity index (χ4n) is 4.45. The third-order valence-corrected chi connectivity index (χ3v) is 6.57. The second kappa shape index (κ2) is 9.93. The van der Waals surface area contributed by atoms with E-state index in [2.05, 4.69) is 59.7 Å². The summed E-state index contributed by atoms with van der Waals surface area (Å²) in [6.07, 6.45) is 9.12. The van der Waals surface area contributed by atoms with E-state index in [-0.39, 0.29) is 18.1 Å². The van der Waals surface area contributed by atoms with Gasteiger partial charge in [-0.2, -0.15) is 5.10 Å². The van der Waals surface area contributed by atoms with Crippen molar-refractivity contribution in [3.05, 3.63) is 78.5 Å². The highest BCUT2D eigenvalue weighted by molar-refractivity contribution is 5.93. The Hall–Kier alpha value is -3.62. The van der Waals surface area contributed by atoms with Crippen LogP contribution in [0.15, 0.2) is 67.3 Å². The first-order valence-corrected chi connectivity index (χ1v) is 12.0. The van der Waals surface area contributed by atoms with Gasteiger partial charge in [0.05, 0.1) is 35.8 Å². The van der Waals surface area contributed by atoms with E-state index in [0.717, 1.165) is 47.1 Å². The van der Waals surface area contributed by atoms with Crippen molar-refractivity contribution in [2.24, 2.45) is 0 Å². The number of amides is 1. The molecule has 0 radical (unpaired) electrons. The molecule has 0 bridgehead atoms. The van der Waals surface area contributed by atoms with E-state index in [4.69, 9.17) is 9.82 Å². The van der Waals surface area contributed by atoms with E-state index in [1.165, 1.54) is 0 Å². The van der Waals surface area contributed by atoms with Crippen LogP contribution in [0.4, 0.5) is 0 Å². The summed E-state index contributed by atoms with van der Waals surface area (Å²) in [4.78, 5) is 29.8. The van der Waals surface area contributed by atoms with E-state index >= 15 is 0 Å². The molecule has 2 unspecified atom stereocenters. The molecular formula is C27H30N6O2. The number of fused-ring (bicyclic) bond motifs is 1. The molecule has 1 amide bonds. The van der Waals surface area contributed by atoms with Crippen LogP contribution in [0.1, 0.15) is 54.8 Å². The number of nitrogens with one attached hydrogen (secondary N) is 1. The average molecular weight is 471 g/mol. The SMILES string of the molecule is CC(C)n1cc(-c2cnc3cnc(C4CC(ONC(=O)c5ccccc5)CCN4C)cc3c2)cn1. The van der Waals surface area contributed by atoms with Gasteiger partial charge in [0.1, 0.15) is 0 Å². The Balaban J connectivity index is 1.32. The van der Waals surface area contributed by atoms with Crippen LogP contribution >= 0.6 is 0 Å². The number of hydrogen-bond donors (Lipinski definition) is 1. The van der Waals surface area contributed by atoms with Gasteiger partial charge >= 0.3 is 0 Å². The summed E-state index contributed by atoms with van der Waals surface area (Å²) < 4.78 is 1.95.